The Morgan fingerprint density at radius 1 is 1.14 bits per heavy atom. The zero-order chi connectivity index (χ0) is 41.2. The fraction of sp³-hybridized carbons (Fsp3) is 0.789. The van der Waals surface area contributed by atoms with Gasteiger partial charge in [-0.2, -0.15) is 0 Å². The molecule has 13 atom stereocenters. The van der Waals surface area contributed by atoms with Crippen LogP contribution in [0, 0.1) is 11.8 Å². The van der Waals surface area contributed by atoms with Crippen LogP contribution in [-0.2, 0) is 39.8 Å². The maximum Gasteiger partial charge on any atom is 0.410 e. The minimum atomic E-state index is -3.14. The Morgan fingerprint density at radius 2 is 1.86 bits per heavy atom. The van der Waals surface area contributed by atoms with Crippen molar-refractivity contribution in [2.24, 2.45) is 17.6 Å². The van der Waals surface area contributed by atoms with E-state index in [1.54, 1.807) is 43.5 Å². The Balaban J connectivity index is 1.41. The number of ketones is 1. The third kappa shape index (κ3) is 9.11. The molecule has 5 heterocycles. The Labute approximate surface area is 332 Å². The van der Waals surface area contributed by atoms with Crippen LogP contribution in [0.25, 0.3) is 10.7 Å². The molecule has 16 nitrogen and oxygen atoms in total. The topological polar surface area (TPSA) is 202 Å². The number of Topliss-reactive ketones (excluding diaryl/α,β-unsaturated/α-hetero) is 1. The number of cyclic esters (lactones) is 1. The number of hydrogen-bond donors (Lipinski definition) is 3. The number of alkyl halides is 1. The van der Waals surface area contributed by atoms with Crippen LogP contribution in [-0.4, -0.2) is 134 Å². The minimum absolute atomic E-state index is 0.120. The quantitative estimate of drug-likeness (QED) is 0.178. The number of ether oxygens (including phenoxy) is 5. The SMILES string of the molecule is CC[C@H]1OC(=O)C(C)(F)C(=O)[C@@H](C)[C@@H](O[C@@H]2O[C@H](C)CC(N)C2O)[C@](C)(OC)C[C@@H](C)CN[C@H](C)[C@H]2N(CCCCn3cc(-c4nccs4)nn3)C(=O)O[C@]12C. The Hall–Kier alpha value is -3.13. The highest BCUT2D eigenvalue weighted by molar-refractivity contribution is 7.13. The number of aromatic nitrogens is 4. The number of amides is 1. The molecule has 56 heavy (non-hydrogen) atoms. The van der Waals surface area contributed by atoms with E-state index in [1.165, 1.54) is 25.4 Å². The molecule has 1 amide bonds. The van der Waals surface area contributed by atoms with Crippen molar-refractivity contribution in [3.05, 3.63) is 17.8 Å². The molecule has 4 N–H and O–H groups in total. The monoisotopic (exact) mass is 809 g/mol. The molecule has 3 saturated heterocycles. The van der Waals surface area contributed by atoms with E-state index in [9.17, 15) is 19.5 Å². The summed E-state index contributed by atoms with van der Waals surface area (Å²) in [7, 11) is 1.47. The summed E-state index contributed by atoms with van der Waals surface area (Å²) in [4.78, 5) is 47.7. The summed E-state index contributed by atoms with van der Waals surface area (Å²) in [6.45, 7) is 14.6. The molecule has 3 fully saturated rings. The summed E-state index contributed by atoms with van der Waals surface area (Å²) < 4.78 is 48.9. The van der Waals surface area contributed by atoms with Gasteiger partial charge >= 0.3 is 12.1 Å². The number of aliphatic hydroxyl groups excluding tert-OH is 1. The van der Waals surface area contributed by atoms with E-state index in [-0.39, 0.29) is 18.4 Å². The predicted octanol–water partition coefficient (Wildman–Crippen LogP) is 3.65. The number of nitrogens with zero attached hydrogens (tertiary/aromatic N) is 5. The number of nitrogens with one attached hydrogen (secondary N) is 1. The Kier molecular flexibility index (Phi) is 14.0. The van der Waals surface area contributed by atoms with Crippen molar-refractivity contribution in [3.63, 3.8) is 0 Å². The zero-order valence-corrected chi connectivity index (χ0v) is 34.8. The van der Waals surface area contributed by atoms with Crippen molar-refractivity contribution >= 4 is 29.2 Å². The largest absolute Gasteiger partial charge is 0.455 e. The number of fused-ring (bicyclic) bond motifs is 1. The van der Waals surface area contributed by atoms with E-state index >= 15 is 4.39 Å². The Morgan fingerprint density at radius 3 is 2.52 bits per heavy atom. The molecule has 0 spiro atoms. The van der Waals surface area contributed by atoms with E-state index in [2.05, 4.69) is 20.6 Å². The number of nitrogens with two attached hydrogens (primary N) is 1. The van der Waals surface area contributed by atoms with Crippen molar-refractivity contribution in [2.75, 3.05) is 20.2 Å². The van der Waals surface area contributed by atoms with Gasteiger partial charge in [-0.3, -0.25) is 14.4 Å². The zero-order valence-electron chi connectivity index (χ0n) is 34.0. The third-order valence-corrected chi connectivity index (χ3v) is 12.5. The van der Waals surface area contributed by atoms with Gasteiger partial charge in [0.05, 0.1) is 30.0 Å². The fourth-order valence-electron chi connectivity index (χ4n) is 8.62. The third-order valence-electron chi connectivity index (χ3n) is 11.7. The lowest BCUT2D eigenvalue weighted by Crippen LogP contribution is -2.61. The second-order valence-electron chi connectivity index (χ2n) is 16.3. The molecule has 3 aliphatic heterocycles. The van der Waals surface area contributed by atoms with Crippen LogP contribution in [0.3, 0.4) is 0 Å². The van der Waals surface area contributed by atoms with Gasteiger partial charge in [0, 0.05) is 49.8 Å². The fourth-order valence-corrected chi connectivity index (χ4v) is 9.21. The molecule has 0 saturated carbocycles. The van der Waals surface area contributed by atoms with Gasteiger partial charge in [0.2, 0.25) is 0 Å². The molecule has 3 aliphatic rings. The highest BCUT2D eigenvalue weighted by Gasteiger charge is 2.60. The number of halogens is 1. The first-order valence-corrected chi connectivity index (χ1v) is 20.5. The molecule has 0 aliphatic carbocycles. The first-order valence-electron chi connectivity index (χ1n) is 19.6. The highest BCUT2D eigenvalue weighted by Crippen LogP contribution is 2.41. The van der Waals surface area contributed by atoms with Gasteiger partial charge in [-0.25, -0.2) is 19.0 Å². The Bertz CT molecular complexity index is 1650. The molecule has 3 unspecified atom stereocenters. The molecule has 18 heteroatoms. The number of unbranched alkanes of at least 4 members (excludes halogenated alkanes) is 1. The second-order valence-corrected chi connectivity index (χ2v) is 17.2. The normalized spacial score (nSPS) is 39.1. The number of aryl methyl sites for hydroxylation is 1. The summed E-state index contributed by atoms with van der Waals surface area (Å²) in [6.07, 6.45) is -0.00808. The number of thiazole rings is 1. The number of esters is 1. The lowest BCUT2D eigenvalue weighted by atomic mass is 9.78. The van der Waals surface area contributed by atoms with Crippen LogP contribution in [0.2, 0.25) is 0 Å². The van der Waals surface area contributed by atoms with Crippen LogP contribution in [0.15, 0.2) is 17.8 Å². The second kappa shape index (κ2) is 17.8. The molecule has 5 rings (SSSR count). The van der Waals surface area contributed by atoms with Gasteiger partial charge in [-0.1, -0.05) is 26.0 Å². The molecule has 0 aromatic carbocycles. The van der Waals surface area contributed by atoms with Gasteiger partial charge < -0.3 is 39.8 Å². The predicted molar refractivity (Wildman–Crippen MR) is 204 cm³/mol. The van der Waals surface area contributed by atoms with Crippen molar-refractivity contribution in [3.8, 4) is 10.7 Å². The summed E-state index contributed by atoms with van der Waals surface area (Å²) in [5, 5.41) is 25.6. The first-order chi connectivity index (χ1) is 26.4. The van der Waals surface area contributed by atoms with Gasteiger partial charge in [-0.05, 0) is 79.2 Å². The minimum Gasteiger partial charge on any atom is -0.455 e. The molecule has 2 aromatic rings. The van der Waals surface area contributed by atoms with Gasteiger partial charge in [-0.15, -0.1) is 16.4 Å². The van der Waals surface area contributed by atoms with Crippen molar-refractivity contribution in [1.82, 2.24) is 30.2 Å². The van der Waals surface area contributed by atoms with Crippen LogP contribution < -0.4 is 11.1 Å². The number of hydrogen-bond acceptors (Lipinski definition) is 15. The lowest BCUT2D eigenvalue weighted by molar-refractivity contribution is -0.288. The average Bonchev–Trinajstić information content (AvgIpc) is 3.91. The standard InChI is InChI=1S/C38H60FN7O9S/c1-10-27-38(8)29(46(35(50)55-38)15-12-11-14-45-20-26(43-44-45)32-41-13-16-56-32)24(5)42-19-21(2)18-36(6,51-9)31(23(4)30(48)37(7,39)34(49)53-27)54-33-28(47)25(40)17-22(3)52-33/h13,16,20-25,27-29,31,33,42,47H,10-12,14-15,17-19,40H2,1-9H3/t21-,22-,23-,24-,25?,27-,28?,29-,31-,33+,36-,37?,38-/m1/s1. The highest BCUT2D eigenvalue weighted by atomic mass is 32.1. The molecule has 2 aromatic heterocycles. The van der Waals surface area contributed by atoms with E-state index in [1.807, 2.05) is 25.4 Å². The van der Waals surface area contributed by atoms with Crippen LogP contribution in [0.5, 0.6) is 0 Å². The van der Waals surface area contributed by atoms with Crippen LogP contribution >= 0.6 is 11.3 Å². The smallest absolute Gasteiger partial charge is 0.410 e. The maximum atomic E-state index is 16.8. The van der Waals surface area contributed by atoms with Crippen molar-refractivity contribution in [2.45, 2.75) is 160 Å². The van der Waals surface area contributed by atoms with Crippen molar-refractivity contribution < 1.29 is 47.6 Å². The van der Waals surface area contributed by atoms with E-state index in [0.717, 1.165) is 11.9 Å². The number of carbonyl (C=O) groups is 3. The molecule has 0 radical (unpaired) electrons. The van der Waals surface area contributed by atoms with E-state index in [0.29, 0.717) is 51.0 Å². The van der Waals surface area contributed by atoms with E-state index in [4.69, 9.17) is 29.4 Å². The first kappa shape index (κ1) is 44.0. The summed E-state index contributed by atoms with van der Waals surface area (Å²) in [6, 6.07) is -1.70. The van der Waals surface area contributed by atoms with Gasteiger partial charge in [0.25, 0.3) is 5.67 Å². The maximum absolute atomic E-state index is 16.8. The van der Waals surface area contributed by atoms with Crippen LogP contribution in [0.4, 0.5) is 9.18 Å². The summed E-state index contributed by atoms with van der Waals surface area (Å²) in [5.41, 5.74) is 1.10. The molecule has 0 bridgehead atoms. The molecule has 314 valence electrons. The van der Waals surface area contributed by atoms with Crippen molar-refractivity contribution in [1.29, 1.82) is 0 Å². The van der Waals surface area contributed by atoms with E-state index < -0.39 is 83.4 Å². The summed E-state index contributed by atoms with van der Waals surface area (Å²) in [5.74, 6) is -3.91. The number of carbonyl (C=O) groups excluding carboxylic acids is 3. The number of aliphatic hydroxyl groups is 1. The lowest BCUT2D eigenvalue weighted by Gasteiger charge is -2.45. The van der Waals surface area contributed by atoms with Gasteiger partial charge in [0.1, 0.15) is 22.9 Å². The molecular formula is C38H60FN7O9S. The summed E-state index contributed by atoms with van der Waals surface area (Å²) >= 11 is 1.48. The number of rotatable bonds is 10. The van der Waals surface area contributed by atoms with Crippen LogP contribution in [0.1, 0.15) is 87.5 Å². The molecular weight excluding hydrogens is 750 g/mol. The average molecular weight is 810 g/mol. The van der Waals surface area contributed by atoms with Gasteiger partial charge in [0.15, 0.2) is 17.7 Å². The number of methoxy groups -OCH3 is 1.